The Hall–Kier alpha value is -1.65. The quantitative estimate of drug-likeness (QED) is 0.926. The van der Waals surface area contributed by atoms with Crippen molar-refractivity contribution >= 4 is 0 Å². The minimum atomic E-state index is 0.558. The summed E-state index contributed by atoms with van der Waals surface area (Å²) in [5.41, 5.74) is 2.39. The number of benzene rings is 1. The van der Waals surface area contributed by atoms with Crippen LogP contribution in [0, 0.1) is 0 Å². The molecule has 0 aliphatic carbocycles. The topological polar surface area (TPSA) is 33.1 Å². The minimum Gasteiger partial charge on any atom is -0.309 e. The molecule has 2 aromatic rings. The summed E-state index contributed by atoms with van der Waals surface area (Å²) in [5.74, 6) is 0. The van der Waals surface area contributed by atoms with Gasteiger partial charge in [0.05, 0.1) is 11.9 Å². The van der Waals surface area contributed by atoms with Gasteiger partial charge in [0, 0.05) is 43.5 Å². The van der Waals surface area contributed by atoms with Crippen LogP contribution in [0.1, 0.15) is 19.4 Å². The van der Waals surface area contributed by atoms with Crippen LogP contribution in [0.15, 0.2) is 42.7 Å². The highest BCUT2D eigenvalue weighted by atomic mass is 15.3. The molecule has 20 heavy (non-hydrogen) atoms. The smallest absolute Gasteiger partial charge is 0.0645 e. The van der Waals surface area contributed by atoms with Crippen LogP contribution in [0.5, 0.6) is 0 Å². The Labute approximate surface area is 120 Å². The Balaban J connectivity index is 1.68. The minimum absolute atomic E-state index is 0.558. The molecule has 0 amide bonds. The van der Waals surface area contributed by atoms with Crippen LogP contribution < -0.4 is 5.32 Å². The van der Waals surface area contributed by atoms with Gasteiger partial charge in [0.1, 0.15) is 0 Å². The van der Waals surface area contributed by atoms with Crippen molar-refractivity contribution < 1.29 is 0 Å². The van der Waals surface area contributed by atoms with Gasteiger partial charge in [-0.3, -0.25) is 4.90 Å². The lowest BCUT2D eigenvalue weighted by molar-refractivity contribution is 0.166. The maximum absolute atomic E-state index is 4.46. The van der Waals surface area contributed by atoms with Crippen LogP contribution in [0.3, 0.4) is 0 Å². The van der Waals surface area contributed by atoms with Gasteiger partial charge >= 0.3 is 0 Å². The molecule has 3 rings (SSSR count). The first kappa shape index (κ1) is 13.3. The molecule has 1 aliphatic heterocycles. The molecule has 0 bridgehead atoms. The molecule has 1 saturated heterocycles. The summed E-state index contributed by atoms with van der Waals surface area (Å²) in [6.45, 7) is 7.66. The van der Waals surface area contributed by atoms with Gasteiger partial charge in [-0.1, -0.05) is 18.2 Å². The van der Waals surface area contributed by atoms with E-state index in [-0.39, 0.29) is 0 Å². The molecule has 1 N–H and O–H groups in total. The third-order valence-corrected chi connectivity index (χ3v) is 3.70. The zero-order valence-electron chi connectivity index (χ0n) is 12.2. The van der Waals surface area contributed by atoms with Crippen molar-refractivity contribution in [1.29, 1.82) is 0 Å². The third kappa shape index (κ3) is 3.08. The number of rotatable bonds is 3. The van der Waals surface area contributed by atoms with E-state index in [1.54, 1.807) is 0 Å². The Bertz CT molecular complexity index is 539. The first-order valence-electron chi connectivity index (χ1n) is 7.28. The Kier molecular flexibility index (Phi) is 3.85. The van der Waals surface area contributed by atoms with Crippen molar-refractivity contribution in [1.82, 2.24) is 20.0 Å². The molecule has 1 aromatic heterocycles. The van der Waals surface area contributed by atoms with Gasteiger partial charge in [0.2, 0.25) is 0 Å². The van der Waals surface area contributed by atoms with Gasteiger partial charge in [-0.15, -0.1) is 0 Å². The van der Waals surface area contributed by atoms with E-state index >= 15 is 0 Å². The lowest BCUT2D eigenvalue weighted by Crippen LogP contribution is -2.53. The lowest BCUT2D eigenvalue weighted by atomic mass is 10.1. The molecule has 4 nitrogen and oxygen atoms in total. The van der Waals surface area contributed by atoms with Crippen molar-refractivity contribution in [3.63, 3.8) is 0 Å². The number of piperazine rings is 1. The predicted molar refractivity (Wildman–Crippen MR) is 80.9 cm³/mol. The normalized spacial score (nSPS) is 23.9. The third-order valence-electron chi connectivity index (χ3n) is 3.70. The fraction of sp³-hybridized carbons (Fsp3) is 0.438. The average molecular weight is 270 g/mol. The maximum atomic E-state index is 4.46. The summed E-state index contributed by atoms with van der Waals surface area (Å²) in [6, 6.07) is 11.4. The standard InChI is InChI=1S/C16H22N4/c1-13-9-19(10-14(2)18-13)11-15-8-17-20(12-15)16-6-4-3-5-7-16/h3-8,12-14,18H,9-11H2,1-2H3. The van der Waals surface area contributed by atoms with E-state index in [1.165, 1.54) is 5.56 Å². The van der Waals surface area contributed by atoms with Crippen LogP contribution in [-0.4, -0.2) is 39.9 Å². The molecule has 1 aromatic carbocycles. The molecule has 2 atom stereocenters. The number of nitrogens with one attached hydrogen (secondary N) is 1. The molecule has 2 heterocycles. The van der Waals surface area contributed by atoms with Gasteiger partial charge in [-0.05, 0) is 26.0 Å². The zero-order chi connectivity index (χ0) is 13.9. The fourth-order valence-corrected chi connectivity index (χ4v) is 2.99. The van der Waals surface area contributed by atoms with Crippen LogP contribution in [0.4, 0.5) is 0 Å². The highest BCUT2D eigenvalue weighted by molar-refractivity contribution is 5.30. The molecular weight excluding hydrogens is 248 g/mol. The van der Waals surface area contributed by atoms with E-state index in [0.717, 1.165) is 25.3 Å². The van der Waals surface area contributed by atoms with E-state index in [1.807, 2.05) is 29.1 Å². The van der Waals surface area contributed by atoms with Crippen LogP contribution >= 0.6 is 0 Å². The molecule has 2 unspecified atom stereocenters. The van der Waals surface area contributed by atoms with E-state index in [0.29, 0.717) is 12.1 Å². The number of nitrogens with zero attached hydrogens (tertiary/aromatic N) is 3. The fourth-order valence-electron chi connectivity index (χ4n) is 2.99. The van der Waals surface area contributed by atoms with E-state index < -0.39 is 0 Å². The number of para-hydroxylation sites is 1. The summed E-state index contributed by atoms with van der Waals surface area (Å²) in [7, 11) is 0. The second-order valence-electron chi connectivity index (χ2n) is 5.79. The first-order chi connectivity index (χ1) is 9.70. The summed E-state index contributed by atoms with van der Waals surface area (Å²) >= 11 is 0. The van der Waals surface area contributed by atoms with Crippen molar-refractivity contribution in [3.05, 3.63) is 48.3 Å². The van der Waals surface area contributed by atoms with Crippen molar-refractivity contribution in [3.8, 4) is 5.69 Å². The number of aromatic nitrogens is 2. The summed E-state index contributed by atoms with van der Waals surface area (Å²) < 4.78 is 1.95. The SMILES string of the molecule is CC1CN(Cc2cnn(-c3ccccc3)c2)CC(C)N1. The molecule has 0 spiro atoms. The molecule has 0 saturated carbocycles. The summed E-state index contributed by atoms with van der Waals surface area (Å²) in [4.78, 5) is 2.50. The predicted octanol–water partition coefficient (Wildman–Crippen LogP) is 2.05. The van der Waals surface area contributed by atoms with Crippen molar-refractivity contribution in [2.45, 2.75) is 32.5 Å². The van der Waals surface area contributed by atoms with Crippen LogP contribution in [-0.2, 0) is 6.54 Å². The van der Waals surface area contributed by atoms with Crippen LogP contribution in [0.2, 0.25) is 0 Å². The Morgan fingerprint density at radius 2 is 1.85 bits per heavy atom. The molecule has 1 fully saturated rings. The zero-order valence-corrected chi connectivity index (χ0v) is 12.2. The molecule has 0 radical (unpaired) electrons. The van der Waals surface area contributed by atoms with Crippen molar-refractivity contribution in [2.75, 3.05) is 13.1 Å². The second-order valence-corrected chi connectivity index (χ2v) is 5.79. The maximum Gasteiger partial charge on any atom is 0.0645 e. The largest absolute Gasteiger partial charge is 0.309 e. The van der Waals surface area contributed by atoms with Gasteiger partial charge < -0.3 is 5.32 Å². The number of hydrogen-bond acceptors (Lipinski definition) is 3. The lowest BCUT2D eigenvalue weighted by Gasteiger charge is -2.35. The van der Waals surface area contributed by atoms with Gasteiger partial charge in [0.15, 0.2) is 0 Å². The first-order valence-corrected chi connectivity index (χ1v) is 7.28. The highest BCUT2D eigenvalue weighted by Gasteiger charge is 2.21. The monoisotopic (exact) mass is 270 g/mol. The summed E-state index contributed by atoms with van der Waals surface area (Å²) in [6.07, 6.45) is 4.11. The Morgan fingerprint density at radius 3 is 2.55 bits per heavy atom. The van der Waals surface area contributed by atoms with Gasteiger partial charge in [-0.25, -0.2) is 4.68 Å². The molecular formula is C16H22N4. The number of hydrogen-bond donors (Lipinski definition) is 1. The van der Waals surface area contributed by atoms with E-state index in [4.69, 9.17) is 0 Å². The molecule has 106 valence electrons. The average Bonchev–Trinajstić information content (AvgIpc) is 2.87. The van der Waals surface area contributed by atoms with E-state index in [2.05, 4.69) is 47.5 Å². The second kappa shape index (κ2) is 5.77. The Morgan fingerprint density at radius 1 is 1.15 bits per heavy atom. The van der Waals surface area contributed by atoms with Crippen LogP contribution in [0.25, 0.3) is 5.69 Å². The molecule has 4 heteroatoms. The van der Waals surface area contributed by atoms with Crippen molar-refractivity contribution in [2.24, 2.45) is 0 Å². The van der Waals surface area contributed by atoms with Gasteiger partial charge in [0.25, 0.3) is 0 Å². The molecule has 1 aliphatic rings. The van der Waals surface area contributed by atoms with E-state index in [9.17, 15) is 0 Å². The van der Waals surface area contributed by atoms with Gasteiger partial charge in [-0.2, -0.15) is 5.10 Å². The summed E-state index contributed by atoms with van der Waals surface area (Å²) in [5, 5.41) is 8.03. The highest BCUT2D eigenvalue weighted by Crippen LogP contribution is 2.12.